The van der Waals surface area contributed by atoms with Crippen molar-refractivity contribution < 1.29 is 28.5 Å². The number of benzene rings is 5. The molecule has 49 heavy (non-hydrogen) atoms. The summed E-state index contributed by atoms with van der Waals surface area (Å²) in [6.45, 7) is 4.54. The number of carbonyl (C=O) groups excluding carboxylic acids is 1. The third-order valence-electron chi connectivity index (χ3n) is 8.70. The van der Waals surface area contributed by atoms with Gasteiger partial charge in [0.1, 0.15) is 12.2 Å². The minimum Gasteiger partial charge on any atom is -0.448 e. The average molecular weight is 658 g/mol. The monoisotopic (exact) mass is 657 g/mol. The lowest BCUT2D eigenvalue weighted by molar-refractivity contribution is -0.100. The zero-order valence-corrected chi connectivity index (χ0v) is 27.8. The van der Waals surface area contributed by atoms with Crippen molar-refractivity contribution in [2.45, 2.75) is 24.7 Å². The molecule has 1 aliphatic rings. The van der Waals surface area contributed by atoms with Gasteiger partial charge in [0.25, 0.3) is 0 Å². The highest BCUT2D eigenvalue weighted by Crippen LogP contribution is 2.45. The van der Waals surface area contributed by atoms with E-state index in [0.29, 0.717) is 33.0 Å². The molecule has 0 radical (unpaired) electrons. The Hall–Kier alpha value is -4.79. The fourth-order valence-electron chi connectivity index (χ4n) is 6.49. The Bertz CT molecular complexity index is 1610. The summed E-state index contributed by atoms with van der Waals surface area (Å²) < 4.78 is 30.2. The molecule has 0 spiro atoms. The molecule has 252 valence electrons. The molecule has 5 aromatic rings. The van der Waals surface area contributed by atoms with E-state index in [-0.39, 0.29) is 19.1 Å². The summed E-state index contributed by atoms with van der Waals surface area (Å²) >= 11 is 0. The summed E-state index contributed by atoms with van der Waals surface area (Å²) in [6.07, 6.45) is -1.48. The van der Waals surface area contributed by atoms with Gasteiger partial charge in [0.15, 0.2) is 6.23 Å². The van der Waals surface area contributed by atoms with Crippen molar-refractivity contribution in [1.29, 1.82) is 0 Å². The lowest BCUT2D eigenvalue weighted by Crippen LogP contribution is -2.47. The predicted molar refractivity (Wildman–Crippen MR) is 190 cm³/mol. The Morgan fingerprint density at radius 3 is 1.57 bits per heavy atom. The maximum absolute atomic E-state index is 13.7. The first-order valence-electron chi connectivity index (χ1n) is 16.9. The molecule has 0 saturated heterocycles. The summed E-state index contributed by atoms with van der Waals surface area (Å²) in [7, 11) is 0. The summed E-state index contributed by atoms with van der Waals surface area (Å²) in [5.74, 6) is -0.0698. The molecule has 1 amide bonds. The molecule has 7 heteroatoms. The topological polar surface area (TPSA) is 75.2 Å². The number of nitrogens with one attached hydrogen (secondary N) is 1. The average Bonchev–Trinajstić information content (AvgIpc) is 3.48. The van der Waals surface area contributed by atoms with Gasteiger partial charge in [0, 0.05) is 12.5 Å². The second-order valence-electron chi connectivity index (χ2n) is 11.7. The summed E-state index contributed by atoms with van der Waals surface area (Å²) in [6, 6.07) is 46.7. The number of rotatable bonds is 17. The van der Waals surface area contributed by atoms with Crippen LogP contribution in [0.2, 0.25) is 0 Å². The molecule has 7 nitrogen and oxygen atoms in total. The molecule has 1 atom stereocenters. The Morgan fingerprint density at radius 1 is 0.612 bits per heavy atom. The van der Waals surface area contributed by atoms with Crippen LogP contribution in [0.4, 0.5) is 4.79 Å². The van der Waals surface area contributed by atoms with E-state index in [0.717, 1.165) is 27.8 Å². The maximum atomic E-state index is 13.7. The highest BCUT2D eigenvalue weighted by Gasteiger charge is 2.40. The fourth-order valence-corrected chi connectivity index (χ4v) is 6.49. The molecule has 0 fully saturated rings. The smallest absolute Gasteiger partial charge is 0.409 e. The van der Waals surface area contributed by atoms with Crippen LogP contribution in [0.1, 0.15) is 40.7 Å². The lowest BCUT2D eigenvalue weighted by Gasteiger charge is -2.39. The highest BCUT2D eigenvalue weighted by atomic mass is 16.6. The van der Waals surface area contributed by atoms with Crippen LogP contribution in [0, 0.1) is 0 Å². The normalized spacial score (nSPS) is 13.0. The van der Waals surface area contributed by atoms with Gasteiger partial charge in [-0.25, -0.2) is 4.79 Å². The van der Waals surface area contributed by atoms with Crippen molar-refractivity contribution in [2.75, 3.05) is 46.2 Å². The van der Waals surface area contributed by atoms with Gasteiger partial charge < -0.3 is 23.7 Å². The molecule has 0 aliphatic heterocycles. The number of fused-ring (bicyclic) bond motifs is 3. The zero-order chi connectivity index (χ0) is 33.7. The minimum absolute atomic E-state index is 0.0628. The van der Waals surface area contributed by atoms with Gasteiger partial charge in [-0.3, -0.25) is 5.32 Å². The third-order valence-corrected chi connectivity index (χ3v) is 8.70. The number of alkyl carbamates (subject to hydrolysis) is 1. The number of carbonyl (C=O) groups is 1. The Kier molecular flexibility index (Phi) is 11.9. The SMILES string of the molecule is CCOCCOCCOCC(NC(=O)OCC1c2ccccc2-c2ccccc21)OC(c1ccccc1)(c1ccccc1)c1ccccc1. The molecule has 0 heterocycles. The van der Waals surface area contributed by atoms with Crippen molar-refractivity contribution in [2.24, 2.45) is 0 Å². The van der Waals surface area contributed by atoms with Gasteiger partial charge in [-0.15, -0.1) is 0 Å². The van der Waals surface area contributed by atoms with Gasteiger partial charge >= 0.3 is 6.09 Å². The molecular weight excluding hydrogens is 614 g/mol. The second kappa shape index (κ2) is 17.0. The van der Waals surface area contributed by atoms with E-state index in [1.54, 1.807) is 0 Å². The van der Waals surface area contributed by atoms with Crippen LogP contribution in [-0.4, -0.2) is 58.6 Å². The van der Waals surface area contributed by atoms with E-state index in [9.17, 15) is 4.79 Å². The van der Waals surface area contributed by atoms with E-state index < -0.39 is 17.9 Å². The third kappa shape index (κ3) is 8.10. The second-order valence-corrected chi connectivity index (χ2v) is 11.7. The van der Waals surface area contributed by atoms with Crippen LogP contribution in [0.5, 0.6) is 0 Å². The van der Waals surface area contributed by atoms with Crippen LogP contribution in [0.3, 0.4) is 0 Å². The van der Waals surface area contributed by atoms with Crippen LogP contribution in [0.15, 0.2) is 140 Å². The Labute approximate surface area is 288 Å². The predicted octanol–water partition coefficient (Wildman–Crippen LogP) is 7.93. The van der Waals surface area contributed by atoms with Crippen LogP contribution < -0.4 is 5.32 Å². The lowest BCUT2D eigenvalue weighted by atomic mass is 9.80. The molecule has 1 N–H and O–H groups in total. The van der Waals surface area contributed by atoms with Gasteiger partial charge in [-0.2, -0.15) is 0 Å². The molecule has 0 saturated carbocycles. The first kappa shape index (κ1) is 34.1. The van der Waals surface area contributed by atoms with Crippen LogP contribution in [-0.2, 0) is 29.3 Å². The summed E-state index contributed by atoms with van der Waals surface area (Å²) in [5, 5.41) is 3.00. The molecule has 0 aromatic heterocycles. The zero-order valence-electron chi connectivity index (χ0n) is 27.8. The highest BCUT2D eigenvalue weighted by molar-refractivity contribution is 5.79. The van der Waals surface area contributed by atoms with Crippen LogP contribution >= 0.6 is 0 Å². The van der Waals surface area contributed by atoms with Crippen molar-refractivity contribution in [3.63, 3.8) is 0 Å². The van der Waals surface area contributed by atoms with Gasteiger partial charge in [0.2, 0.25) is 0 Å². The first-order valence-corrected chi connectivity index (χ1v) is 16.9. The van der Waals surface area contributed by atoms with E-state index in [4.69, 9.17) is 23.7 Å². The number of amides is 1. The minimum atomic E-state index is -1.08. The quantitative estimate of drug-likeness (QED) is 0.0622. The van der Waals surface area contributed by atoms with Crippen molar-refractivity contribution in [3.05, 3.63) is 167 Å². The molecular formula is C42H43NO6. The molecule has 6 rings (SSSR count). The maximum Gasteiger partial charge on any atom is 0.409 e. The first-order chi connectivity index (χ1) is 24.2. The van der Waals surface area contributed by atoms with E-state index in [2.05, 4.69) is 29.6 Å². The number of ether oxygens (including phenoxy) is 5. The summed E-state index contributed by atoms with van der Waals surface area (Å²) in [5.41, 5.74) is 6.28. The summed E-state index contributed by atoms with van der Waals surface area (Å²) in [4.78, 5) is 13.7. The van der Waals surface area contributed by atoms with Crippen molar-refractivity contribution in [3.8, 4) is 11.1 Å². The van der Waals surface area contributed by atoms with Gasteiger partial charge in [-0.05, 0) is 45.9 Å². The molecule has 1 aliphatic carbocycles. The Morgan fingerprint density at radius 2 is 1.06 bits per heavy atom. The van der Waals surface area contributed by atoms with Gasteiger partial charge in [0.05, 0.1) is 33.0 Å². The van der Waals surface area contributed by atoms with Gasteiger partial charge in [-0.1, -0.05) is 140 Å². The number of hydrogen-bond acceptors (Lipinski definition) is 6. The molecule has 0 bridgehead atoms. The Balaban J connectivity index is 1.25. The van der Waals surface area contributed by atoms with Crippen LogP contribution in [0.25, 0.3) is 11.1 Å². The largest absolute Gasteiger partial charge is 0.448 e. The fraction of sp³-hybridized carbons (Fsp3) is 0.262. The van der Waals surface area contributed by atoms with Crippen molar-refractivity contribution in [1.82, 2.24) is 5.32 Å². The molecule has 5 aromatic carbocycles. The number of hydrogen-bond donors (Lipinski definition) is 1. The molecule has 1 unspecified atom stereocenters. The van der Waals surface area contributed by atoms with E-state index >= 15 is 0 Å². The van der Waals surface area contributed by atoms with E-state index in [1.165, 1.54) is 11.1 Å². The van der Waals surface area contributed by atoms with Crippen molar-refractivity contribution >= 4 is 6.09 Å². The standard InChI is InChI=1S/C42H43NO6/c1-2-45-26-27-46-28-29-47-31-40(43-41(44)48-30-39-37-24-14-12-22-35(37)36-23-13-15-25-38(36)39)49-42(32-16-6-3-7-17-32,33-18-8-4-9-19-33)34-20-10-5-11-21-34/h3-25,39-40H,2,26-31H2,1H3,(H,43,44). The van der Waals surface area contributed by atoms with E-state index in [1.807, 2.05) is 122 Å².